The monoisotopic (exact) mass is 616 g/mol. The number of hydrogen-bond donors (Lipinski definition) is 0. The molecule has 0 amide bonds. The largest absolute Gasteiger partial charge is 0.457 e. The topological polar surface area (TPSA) is 13.1 Å². The van der Waals surface area contributed by atoms with E-state index in [4.69, 9.17) is 35.8 Å². The molecule has 49 heavy (non-hydrogen) atoms. The lowest BCUT2D eigenvalue weighted by atomic mass is 9.69. The Hall–Kier alpha value is -5.40. The molecular formula is C44H28B4O. The standard InChI is InChI=1S/C44H28B4O/c1-3-4-11-25(2)29-22-23-32-35(24-29)49-44-40(32)42(47)41(46)38(43(44)48)28-20-18-27(19-21-28)36-30-14-8-9-15-31(30)37(26-12-6-5-7-13-26)39-33(36)16-10-17-34(39)45/h3-24H,1-2H3/b4-3-,25-11+. The van der Waals surface area contributed by atoms with Gasteiger partial charge in [-0.3, -0.25) is 0 Å². The lowest BCUT2D eigenvalue weighted by Gasteiger charge is -2.20. The maximum absolute atomic E-state index is 6.87. The first kappa shape index (κ1) is 30.9. The van der Waals surface area contributed by atoms with E-state index in [0.717, 1.165) is 76.7 Å². The van der Waals surface area contributed by atoms with Crippen LogP contribution in [0.3, 0.4) is 0 Å². The zero-order valence-corrected chi connectivity index (χ0v) is 27.4. The Kier molecular flexibility index (Phi) is 7.72. The van der Waals surface area contributed by atoms with E-state index in [1.165, 1.54) is 0 Å². The van der Waals surface area contributed by atoms with Gasteiger partial charge in [-0.25, -0.2) is 0 Å². The summed E-state index contributed by atoms with van der Waals surface area (Å²) in [5.74, 6) is 0. The SMILES string of the molecule is [B]c1c(-c2ccc(-c3c4ccccc4c(-c4ccccc4)c4c([B])cccc34)cc2)c([B])c2oc3cc(/C(C)=C/C=C\C)ccc3c2c1[B]. The summed E-state index contributed by atoms with van der Waals surface area (Å²) >= 11 is 0. The summed E-state index contributed by atoms with van der Waals surface area (Å²) in [5.41, 5.74) is 11.5. The van der Waals surface area contributed by atoms with Crippen LogP contribution in [0.4, 0.5) is 0 Å². The summed E-state index contributed by atoms with van der Waals surface area (Å²) in [5, 5.41) is 6.04. The van der Waals surface area contributed by atoms with E-state index < -0.39 is 0 Å². The fourth-order valence-corrected chi connectivity index (χ4v) is 7.25. The molecule has 0 bridgehead atoms. The van der Waals surface area contributed by atoms with Gasteiger partial charge in [0.1, 0.15) is 42.6 Å². The third-order valence-electron chi connectivity index (χ3n) is 9.63. The number of allylic oxidation sites excluding steroid dienone is 4. The molecule has 0 atom stereocenters. The summed E-state index contributed by atoms with van der Waals surface area (Å²) < 4.78 is 6.41. The highest BCUT2D eigenvalue weighted by Crippen LogP contribution is 2.43. The molecule has 222 valence electrons. The van der Waals surface area contributed by atoms with Crippen molar-refractivity contribution in [2.75, 3.05) is 0 Å². The second kappa shape index (κ2) is 12.2. The minimum absolute atomic E-state index is 0.435. The zero-order chi connectivity index (χ0) is 33.8. The van der Waals surface area contributed by atoms with Gasteiger partial charge in [0.25, 0.3) is 0 Å². The Morgan fingerprint density at radius 1 is 0.551 bits per heavy atom. The van der Waals surface area contributed by atoms with E-state index in [0.29, 0.717) is 33.1 Å². The smallest absolute Gasteiger partial charge is 0.135 e. The number of furan rings is 1. The summed E-state index contributed by atoms with van der Waals surface area (Å²) in [7, 11) is 27.1. The Bertz CT molecular complexity index is 2650. The van der Waals surface area contributed by atoms with Crippen LogP contribution in [0.2, 0.25) is 0 Å². The van der Waals surface area contributed by atoms with E-state index in [9.17, 15) is 0 Å². The van der Waals surface area contributed by atoms with Gasteiger partial charge >= 0.3 is 0 Å². The first-order valence-corrected chi connectivity index (χ1v) is 16.4. The summed E-state index contributed by atoms with van der Waals surface area (Å²) in [4.78, 5) is 0. The second-order valence-electron chi connectivity index (χ2n) is 12.5. The van der Waals surface area contributed by atoms with Gasteiger partial charge in [-0.05, 0) is 97.5 Å². The van der Waals surface area contributed by atoms with Crippen LogP contribution in [0.1, 0.15) is 19.4 Å². The average molecular weight is 616 g/mol. The van der Waals surface area contributed by atoms with Crippen LogP contribution >= 0.6 is 0 Å². The Morgan fingerprint density at radius 2 is 1.18 bits per heavy atom. The summed E-state index contributed by atoms with van der Waals surface area (Å²) in [6, 6.07) is 39.6. The molecule has 0 aliphatic carbocycles. The van der Waals surface area contributed by atoms with Gasteiger partial charge < -0.3 is 4.42 Å². The number of fused-ring (bicyclic) bond motifs is 5. The van der Waals surface area contributed by atoms with Crippen molar-refractivity contribution in [2.45, 2.75) is 13.8 Å². The highest BCUT2D eigenvalue weighted by Gasteiger charge is 2.20. The molecular weight excluding hydrogens is 588 g/mol. The summed E-state index contributed by atoms with van der Waals surface area (Å²) in [6.07, 6.45) is 6.10. The molecule has 0 fully saturated rings. The minimum Gasteiger partial charge on any atom is -0.457 e. The van der Waals surface area contributed by atoms with Gasteiger partial charge in [-0.2, -0.15) is 0 Å². The molecule has 8 radical (unpaired) electrons. The molecule has 0 aliphatic rings. The molecule has 0 aliphatic heterocycles. The fraction of sp³-hybridized carbons (Fsp3) is 0.0455. The molecule has 0 saturated carbocycles. The normalized spacial score (nSPS) is 12.2. The Balaban J connectivity index is 1.30. The van der Waals surface area contributed by atoms with Crippen LogP contribution in [-0.2, 0) is 0 Å². The van der Waals surface area contributed by atoms with Gasteiger partial charge in [-0.1, -0.05) is 138 Å². The molecule has 1 heterocycles. The molecule has 1 aromatic heterocycles. The number of benzene rings is 7. The van der Waals surface area contributed by atoms with Crippen molar-refractivity contribution in [1.29, 1.82) is 0 Å². The number of hydrogen-bond acceptors (Lipinski definition) is 1. The fourth-order valence-electron chi connectivity index (χ4n) is 7.25. The van der Waals surface area contributed by atoms with Crippen molar-refractivity contribution in [3.05, 3.63) is 139 Å². The maximum atomic E-state index is 6.87. The number of rotatable bonds is 5. The molecule has 0 unspecified atom stereocenters. The highest BCUT2D eigenvalue weighted by atomic mass is 16.3. The Labute approximate surface area is 292 Å². The quantitative estimate of drug-likeness (QED) is 0.109. The lowest BCUT2D eigenvalue weighted by molar-refractivity contribution is 0.671. The molecule has 0 N–H and O–H groups in total. The molecule has 8 aromatic rings. The van der Waals surface area contributed by atoms with Crippen LogP contribution in [0.15, 0.2) is 138 Å². The molecule has 7 aromatic carbocycles. The van der Waals surface area contributed by atoms with Crippen molar-refractivity contribution >= 4 is 102 Å². The van der Waals surface area contributed by atoms with E-state index in [-0.39, 0.29) is 0 Å². The molecule has 5 heteroatoms. The molecule has 0 saturated heterocycles. The Morgan fingerprint density at radius 3 is 1.90 bits per heavy atom. The van der Waals surface area contributed by atoms with Crippen molar-refractivity contribution < 1.29 is 4.42 Å². The van der Waals surface area contributed by atoms with Crippen LogP contribution in [0.25, 0.3) is 82.4 Å². The van der Waals surface area contributed by atoms with E-state index in [1.807, 2.05) is 49.4 Å². The van der Waals surface area contributed by atoms with Gasteiger partial charge in [0.2, 0.25) is 0 Å². The maximum Gasteiger partial charge on any atom is 0.135 e. The lowest BCUT2D eigenvalue weighted by Crippen LogP contribution is -2.34. The first-order valence-electron chi connectivity index (χ1n) is 16.4. The van der Waals surface area contributed by atoms with Gasteiger partial charge in [-0.15, -0.1) is 0 Å². The van der Waals surface area contributed by atoms with Crippen LogP contribution < -0.4 is 21.9 Å². The predicted octanol–water partition coefficient (Wildman–Crippen LogP) is 8.05. The van der Waals surface area contributed by atoms with E-state index >= 15 is 0 Å². The van der Waals surface area contributed by atoms with E-state index in [1.54, 1.807) is 0 Å². The van der Waals surface area contributed by atoms with E-state index in [2.05, 4.69) is 97.9 Å². The minimum atomic E-state index is 0.435. The summed E-state index contributed by atoms with van der Waals surface area (Å²) in [6.45, 7) is 4.07. The first-order chi connectivity index (χ1) is 23.9. The highest BCUT2D eigenvalue weighted by molar-refractivity contribution is 6.60. The average Bonchev–Trinajstić information content (AvgIpc) is 3.52. The third kappa shape index (κ3) is 4.99. The predicted molar refractivity (Wildman–Crippen MR) is 215 cm³/mol. The van der Waals surface area contributed by atoms with Gasteiger partial charge in [0.05, 0.1) is 0 Å². The second-order valence-corrected chi connectivity index (χ2v) is 12.5. The van der Waals surface area contributed by atoms with Gasteiger partial charge in [0.15, 0.2) is 0 Å². The van der Waals surface area contributed by atoms with Gasteiger partial charge in [0, 0.05) is 10.8 Å². The van der Waals surface area contributed by atoms with Crippen molar-refractivity contribution in [3.8, 4) is 33.4 Å². The van der Waals surface area contributed by atoms with Crippen LogP contribution in [0.5, 0.6) is 0 Å². The molecule has 0 spiro atoms. The third-order valence-corrected chi connectivity index (χ3v) is 9.63. The zero-order valence-electron chi connectivity index (χ0n) is 27.4. The van der Waals surface area contributed by atoms with Crippen LogP contribution in [-0.4, -0.2) is 31.4 Å². The molecule has 1 nitrogen and oxygen atoms in total. The van der Waals surface area contributed by atoms with Crippen molar-refractivity contribution in [1.82, 2.24) is 0 Å². The van der Waals surface area contributed by atoms with Crippen molar-refractivity contribution in [2.24, 2.45) is 0 Å². The molecule has 8 rings (SSSR count). The van der Waals surface area contributed by atoms with Crippen molar-refractivity contribution in [3.63, 3.8) is 0 Å². The van der Waals surface area contributed by atoms with Crippen LogP contribution in [0, 0.1) is 0 Å².